The molecule has 0 aromatic rings. The van der Waals surface area contributed by atoms with Crippen LogP contribution in [0.15, 0.2) is 0 Å². The second-order valence-electron chi connectivity index (χ2n) is 0.965. The van der Waals surface area contributed by atoms with Crippen LogP contribution >= 0.6 is 11.8 Å². The second-order valence-corrected chi connectivity index (χ2v) is 2.12. The molecule has 0 fully saturated rings. The molecule has 0 aliphatic carbocycles. The Bertz CT molecular complexity index is 47.0. The fourth-order valence-corrected chi connectivity index (χ4v) is 0.588. The van der Waals surface area contributed by atoms with Gasteiger partial charge in [-0.05, 0) is 0 Å². The van der Waals surface area contributed by atoms with Crippen LogP contribution in [0, 0.1) is 0 Å². The van der Waals surface area contributed by atoms with Crippen molar-refractivity contribution in [1.29, 1.82) is 0 Å². The molecule has 0 heterocycles. The monoisotopic (exact) mass is 120 g/mol. The predicted molar refractivity (Wildman–Crippen MR) is 30.5 cm³/mol. The van der Waals surface area contributed by atoms with Crippen LogP contribution in [0.1, 0.15) is 0 Å². The minimum atomic E-state index is 0.165. The summed E-state index contributed by atoms with van der Waals surface area (Å²) < 4.78 is 0. The molecule has 2 nitrogen and oxygen atoms in total. The molecule has 0 bridgehead atoms. The van der Waals surface area contributed by atoms with Crippen molar-refractivity contribution >= 4 is 18.0 Å². The van der Waals surface area contributed by atoms with Crippen molar-refractivity contribution in [2.75, 3.05) is 18.1 Å². The van der Waals surface area contributed by atoms with Crippen molar-refractivity contribution in [2.24, 2.45) is 0 Å². The Hall–Kier alpha value is -0.0200. The highest BCUT2D eigenvalue weighted by Gasteiger charge is 1.80. The van der Waals surface area contributed by atoms with Crippen LogP contribution < -0.4 is 0 Å². The highest BCUT2D eigenvalue weighted by atomic mass is 32.2. The van der Waals surface area contributed by atoms with E-state index in [0.29, 0.717) is 11.5 Å². The van der Waals surface area contributed by atoms with Gasteiger partial charge in [-0.2, -0.15) is 11.8 Å². The maximum atomic E-state index is 9.58. The molecule has 0 aromatic carbocycles. The minimum absolute atomic E-state index is 0.165. The normalized spacial score (nSPS) is 8.71. The molecule has 3 heteroatoms. The van der Waals surface area contributed by atoms with Crippen molar-refractivity contribution in [3.05, 3.63) is 0 Å². The van der Waals surface area contributed by atoms with E-state index < -0.39 is 0 Å². The highest BCUT2D eigenvalue weighted by Crippen LogP contribution is 1.92. The molecule has 0 unspecified atom stereocenters. The lowest BCUT2D eigenvalue weighted by Gasteiger charge is -1.86. The highest BCUT2D eigenvalue weighted by molar-refractivity contribution is 7.99. The van der Waals surface area contributed by atoms with Crippen LogP contribution in [-0.2, 0) is 4.79 Å². The van der Waals surface area contributed by atoms with Gasteiger partial charge in [0.2, 0.25) is 0 Å². The van der Waals surface area contributed by atoms with Gasteiger partial charge in [-0.1, -0.05) is 0 Å². The maximum absolute atomic E-state index is 9.58. The number of hydrogen-bond acceptors (Lipinski definition) is 3. The van der Waals surface area contributed by atoms with Gasteiger partial charge in [0.25, 0.3) is 0 Å². The summed E-state index contributed by atoms with van der Waals surface area (Å²) >= 11 is 1.44. The molecule has 0 spiro atoms. The molecule has 7 heavy (non-hydrogen) atoms. The summed E-state index contributed by atoms with van der Waals surface area (Å²) in [4.78, 5) is 9.58. The van der Waals surface area contributed by atoms with Gasteiger partial charge in [0.1, 0.15) is 6.29 Å². The molecule has 0 aliphatic rings. The van der Waals surface area contributed by atoms with Gasteiger partial charge in [-0.3, -0.25) is 0 Å². The molecule has 0 radical (unpaired) electrons. The first-order chi connectivity index (χ1) is 3.41. The fourth-order valence-electron chi connectivity index (χ4n) is 0.196. The molecule has 1 N–H and O–H groups in total. The third-order valence-electron chi connectivity index (χ3n) is 0.422. The van der Waals surface area contributed by atoms with E-state index in [1.165, 1.54) is 11.8 Å². The summed E-state index contributed by atoms with van der Waals surface area (Å²) in [5.41, 5.74) is 0. The Morgan fingerprint density at radius 1 is 1.71 bits per heavy atom. The van der Waals surface area contributed by atoms with Crippen molar-refractivity contribution in [2.45, 2.75) is 0 Å². The average molecular weight is 120 g/mol. The van der Waals surface area contributed by atoms with E-state index >= 15 is 0 Å². The zero-order chi connectivity index (χ0) is 5.54. The maximum Gasteiger partial charge on any atom is 0.129 e. The van der Waals surface area contributed by atoms with Gasteiger partial charge >= 0.3 is 0 Å². The zero-order valence-corrected chi connectivity index (χ0v) is 4.78. The van der Waals surface area contributed by atoms with E-state index in [4.69, 9.17) is 5.11 Å². The molecular weight excluding hydrogens is 112 g/mol. The predicted octanol–water partition coefficient (Wildman–Crippen LogP) is -0.0892. The SMILES string of the molecule is O=CCSCCO. The number of thioether (sulfide) groups is 1. The fraction of sp³-hybridized carbons (Fsp3) is 0.750. The molecule has 0 saturated carbocycles. The van der Waals surface area contributed by atoms with Crippen LogP contribution in [0.25, 0.3) is 0 Å². The smallest absolute Gasteiger partial charge is 0.129 e. The van der Waals surface area contributed by atoms with E-state index in [-0.39, 0.29) is 6.61 Å². The van der Waals surface area contributed by atoms with Crippen molar-refractivity contribution < 1.29 is 9.90 Å². The van der Waals surface area contributed by atoms with Crippen molar-refractivity contribution in [3.63, 3.8) is 0 Å². The molecule has 42 valence electrons. The Morgan fingerprint density at radius 2 is 2.43 bits per heavy atom. The van der Waals surface area contributed by atoms with Crippen LogP contribution in [0.4, 0.5) is 0 Å². The Morgan fingerprint density at radius 3 is 2.86 bits per heavy atom. The summed E-state index contributed by atoms with van der Waals surface area (Å²) in [7, 11) is 0. The molecule has 0 atom stereocenters. The number of carbonyl (C=O) groups is 1. The van der Waals surface area contributed by atoms with Crippen LogP contribution in [0.3, 0.4) is 0 Å². The summed E-state index contributed by atoms with van der Waals surface area (Å²) in [6, 6.07) is 0. The van der Waals surface area contributed by atoms with Gasteiger partial charge in [0.15, 0.2) is 0 Å². The topological polar surface area (TPSA) is 37.3 Å². The van der Waals surface area contributed by atoms with E-state index in [2.05, 4.69) is 0 Å². The van der Waals surface area contributed by atoms with Gasteiger partial charge in [-0.15, -0.1) is 0 Å². The average Bonchev–Trinajstić information content (AvgIpc) is 1.69. The second kappa shape index (κ2) is 5.98. The van der Waals surface area contributed by atoms with E-state index in [1.54, 1.807) is 0 Å². The van der Waals surface area contributed by atoms with Crippen LogP contribution in [0.5, 0.6) is 0 Å². The number of aldehydes is 1. The summed E-state index contributed by atoms with van der Waals surface area (Å²) in [6.45, 7) is 0.165. The van der Waals surface area contributed by atoms with Gasteiger partial charge in [-0.25, -0.2) is 0 Å². The molecule has 0 amide bonds. The zero-order valence-electron chi connectivity index (χ0n) is 3.96. The van der Waals surface area contributed by atoms with Crippen molar-refractivity contribution in [1.82, 2.24) is 0 Å². The lowest BCUT2D eigenvalue weighted by Crippen LogP contribution is -1.87. The van der Waals surface area contributed by atoms with Crippen LogP contribution in [-0.4, -0.2) is 29.5 Å². The Kier molecular flexibility index (Phi) is 5.96. The van der Waals surface area contributed by atoms with Gasteiger partial charge in [0.05, 0.1) is 6.61 Å². The minimum Gasteiger partial charge on any atom is -0.396 e. The quantitative estimate of drug-likeness (QED) is 0.416. The lowest BCUT2D eigenvalue weighted by molar-refractivity contribution is -0.105. The van der Waals surface area contributed by atoms with Gasteiger partial charge in [0, 0.05) is 11.5 Å². The van der Waals surface area contributed by atoms with E-state index in [9.17, 15) is 4.79 Å². The summed E-state index contributed by atoms with van der Waals surface area (Å²) in [6.07, 6.45) is 0.834. The number of aliphatic hydroxyl groups excluding tert-OH is 1. The van der Waals surface area contributed by atoms with Gasteiger partial charge < -0.3 is 9.90 Å². The molecule has 0 aromatic heterocycles. The first-order valence-electron chi connectivity index (χ1n) is 2.04. The number of carbonyl (C=O) groups excluding carboxylic acids is 1. The molecule has 0 rings (SSSR count). The molecule has 0 saturated heterocycles. The summed E-state index contributed by atoms with van der Waals surface area (Å²) in [5.74, 6) is 1.17. The van der Waals surface area contributed by atoms with E-state index in [1.807, 2.05) is 0 Å². The standard InChI is InChI=1S/C4H8O2S/c5-1-3-7-4-2-6/h1,6H,2-4H2. The Labute approximate surface area is 46.9 Å². The first kappa shape index (κ1) is 6.98. The largest absolute Gasteiger partial charge is 0.396 e. The van der Waals surface area contributed by atoms with E-state index in [0.717, 1.165) is 6.29 Å². The van der Waals surface area contributed by atoms with Crippen LogP contribution in [0.2, 0.25) is 0 Å². The number of hydrogen-bond donors (Lipinski definition) is 1. The third-order valence-corrected chi connectivity index (χ3v) is 1.26. The summed E-state index contributed by atoms with van der Waals surface area (Å²) in [5, 5.41) is 8.16. The molecular formula is C4H8O2S. The first-order valence-corrected chi connectivity index (χ1v) is 3.19. The third kappa shape index (κ3) is 5.98. The van der Waals surface area contributed by atoms with Crippen molar-refractivity contribution in [3.8, 4) is 0 Å². The molecule has 0 aliphatic heterocycles. The Balaban J connectivity index is 2.56. The number of aliphatic hydroxyl groups is 1. The number of rotatable bonds is 4. The lowest BCUT2D eigenvalue weighted by atomic mass is 10.9.